The number of amides is 1. The molecule has 2 rings (SSSR count). The van der Waals surface area contributed by atoms with Crippen LogP contribution in [-0.4, -0.2) is 33.4 Å². The quantitative estimate of drug-likeness (QED) is 0.665. The first-order chi connectivity index (χ1) is 13.1. The second kappa shape index (κ2) is 9.18. The molecule has 7 nitrogen and oxygen atoms in total. The number of carbonyl (C=O) groups is 2. The first-order valence-electron chi connectivity index (χ1n) is 8.37. The summed E-state index contributed by atoms with van der Waals surface area (Å²) in [6.07, 6.45) is 0. The molecule has 0 spiro atoms. The zero-order valence-corrected chi connectivity index (χ0v) is 17.3. The summed E-state index contributed by atoms with van der Waals surface area (Å²) in [5, 5.41) is 3.03. The first kappa shape index (κ1) is 21.9. The summed E-state index contributed by atoms with van der Waals surface area (Å²) in [6, 6.07) is 9.64. The molecular weight excluding hydrogens is 404 g/mol. The number of aryl methyl sites for hydroxylation is 3. The highest BCUT2D eigenvalue weighted by molar-refractivity contribution is 7.89. The van der Waals surface area contributed by atoms with Crippen molar-refractivity contribution in [2.45, 2.75) is 25.7 Å². The molecule has 0 atom stereocenters. The van der Waals surface area contributed by atoms with Gasteiger partial charge in [0.25, 0.3) is 5.91 Å². The molecule has 0 saturated heterocycles. The lowest BCUT2D eigenvalue weighted by Crippen LogP contribution is -2.32. The van der Waals surface area contributed by atoms with Crippen LogP contribution in [0.25, 0.3) is 0 Å². The predicted molar refractivity (Wildman–Crippen MR) is 107 cm³/mol. The Morgan fingerprint density at radius 1 is 1.00 bits per heavy atom. The summed E-state index contributed by atoms with van der Waals surface area (Å²) in [4.78, 5) is 23.6. The third-order valence-electron chi connectivity index (χ3n) is 4.02. The molecule has 0 heterocycles. The van der Waals surface area contributed by atoms with Gasteiger partial charge in [-0.15, -0.1) is 0 Å². The van der Waals surface area contributed by atoms with E-state index in [-0.39, 0.29) is 4.90 Å². The molecule has 28 heavy (non-hydrogen) atoms. The second-order valence-corrected chi connectivity index (χ2v) is 8.42. The van der Waals surface area contributed by atoms with E-state index in [1.807, 2.05) is 13.8 Å². The summed E-state index contributed by atoms with van der Waals surface area (Å²) in [6.45, 7) is 4.36. The van der Waals surface area contributed by atoms with E-state index in [0.29, 0.717) is 10.7 Å². The number of halogens is 1. The summed E-state index contributed by atoms with van der Waals surface area (Å²) in [7, 11) is -3.86. The third kappa shape index (κ3) is 6.05. The number of esters is 1. The Morgan fingerprint density at radius 3 is 2.32 bits per heavy atom. The van der Waals surface area contributed by atoms with E-state index in [1.54, 1.807) is 31.2 Å². The van der Waals surface area contributed by atoms with Crippen LogP contribution < -0.4 is 10.0 Å². The molecule has 0 unspecified atom stereocenters. The molecule has 150 valence electrons. The van der Waals surface area contributed by atoms with Gasteiger partial charge >= 0.3 is 5.97 Å². The van der Waals surface area contributed by atoms with Gasteiger partial charge in [-0.1, -0.05) is 23.7 Å². The van der Waals surface area contributed by atoms with Crippen molar-refractivity contribution in [3.8, 4) is 0 Å². The van der Waals surface area contributed by atoms with Gasteiger partial charge in [-0.3, -0.25) is 9.59 Å². The largest absolute Gasteiger partial charge is 0.455 e. The Balaban J connectivity index is 1.83. The summed E-state index contributed by atoms with van der Waals surface area (Å²) < 4.78 is 31.4. The van der Waals surface area contributed by atoms with E-state index in [4.69, 9.17) is 16.3 Å². The monoisotopic (exact) mass is 424 g/mol. The van der Waals surface area contributed by atoms with Crippen molar-refractivity contribution >= 4 is 39.2 Å². The summed E-state index contributed by atoms with van der Waals surface area (Å²) in [5.74, 6) is -1.44. The van der Waals surface area contributed by atoms with Gasteiger partial charge in [0, 0.05) is 10.7 Å². The van der Waals surface area contributed by atoms with Crippen LogP contribution in [0.1, 0.15) is 16.7 Å². The third-order valence-corrected chi connectivity index (χ3v) is 5.82. The molecule has 0 aliphatic heterocycles. The standard InChI is InChI=1S/C19H21ClN2O5S/c1-12-5-7-16(8-14(12)3)28(25,26)21-10-19(24)27-11-18(23)22-15-6-4-13(2)17(20)9-15/h4-9,21H,10-11H2,1-3H3,(H,22,23). The Labute approximate surface area is 169 Å². The fourth-order valence-corrected chi connectivity index (χ4v) is 3.42. The molecule has 1 amide bonds. The predicted octanol–water partition coefficient (Wildman–Crippen LogP) is 2.73. The van der Waals surface area contributed by atoms with Crippen molar-refractivity contribution in [3.63, 3.8) is 0 Å². The van der Waals surface area contributed by atoms with Gasteiger partial charge < -0.3 is 10.1 Å². The van der Waals surface area contributed by atoms with Gasteiger partial charge in [-0.25, -0.2) is 8.42 Å². The highest BCUT2D eigenvalue weighted by Crippen LogP contribution is 2.19. The molecular formula is C19H21ClN2O5S. The highest BCUT2D eigenvalue weighted by Gasteiger charge is 2.17. The second-order valence-electron chi connectivity index (χ2n) is 6.24. The van der Waals surface area contributed by atoms with E-state index in [1.165, 1.54) is 12.1 Å². The fourth-order valence-electron chi connectivity index (χ4n) is 2.18. The number of nitrogens with one attached hydrogen (secondary N) is 2. The minimum atomic E-state index is -3.86. The Bertz CT molecular complexity index is 1010. The van der Waals surface area contributed by atoms with E-state index in [2.05, 4.69) is 10.0 Å². The van der Waals surface area contributed by atoms with Crippen molar-refractivity contribution in [1.29, 1.82) is 0 Å². The molecule has 2 aromatic carbocycles. The Kier molecular flexibility index (Phi) is 7.17. The van der Waals surface area contributed by atoms with E-state index >= 15 is 0 Å². The lowest BCUT2D eigenvalue weighted by Gasteiger charge is -2.10. The lowest BCUT2D eigenvalue weighted by molar-refractivity contribution is -0.146. The fraction of sp³-hybridized carbons (Fsp3) is 0.263. The summed E-state index contributed by atoms with van der Waals surface area (Å²) >= 11 is 5.98. The average molecular weight is 425 g/mol. The zero-order valence-electron chi connectivity index (χ0n) is 15.7. The van der Waals surface area contributed by atoms with Gasteiger partial charge in [0.2, 0.25) is 10.0 Å². The minimum Gasteiger partial charge on any atom is -0.455 e. The van der Waals surface area contributed by atoms with Gasteiger partial charge in [-0.2, -0.15) is 4.72 Å². The van der Waals surface area contributed by atoms with Crippen LogP contribution in [0.2, 0.25) is 5.02 Å². The molecule has 0 saturated carbocycles. The molecule has 0 fully saturated rings. The molecule has 2 aromatic rings. The number of sulfonamides is 1. The van der Waals surface area contributed by atoms with Crippen molar-refractivity contribution in [3.05, 3.63) is 58.1 Å². The number of hydrogen-bond donors (Lipinski definition) is 2. The molecule has 9 heteroatoms. The van der Waals surface area contributed by atoms with Gasteiger partial charge in [0.1, 0.15) is 6.54 Å². The van der Waals surface area contributed by atoms with Gasteiger partial charge in [-0.05, 0) is 61.7 Å². The highest BCUT2D eigenvalue weighted by atomic mass is 35.5. The topological polar surface area (TPSA) is 102 Å². The summed E-state index contributed by atoms with van der Waals surface area (Å²) in [5.41, 5.74) is 3.10. The SMILES string of the molecule is Cc1ccc(S(=O)(=O)NCC(=O)OCC(=O)Nc2ccc(C)c(Cl)c2)cc1C. The number of carbonyl (C=O) groups excluding carboxylic acids is 2. The van der Waals surface area contributed by atoms with Crippen molar-refractivity contribution in [2.75, 3.05) is 18.5 Å². The molecule has 0 bridgehead atoms. The maximum absolute atomic E-state index is 12.2. The van der Waals surface area contributed by atoms with Crippen LogP contribution in [0.4, 0.5) is 5.69 Å². The van der Waals surface area contributed by atoms with Crippen molar-refractivity contribution in [1.82, 2.24) is 4.72 Å². The van der Waals surface area contributed by atoms with Crippen LogP contribution in [0, 0.1) is 20.8 Å². The average Bonchev–Trinajstić information content (AvgIpc) is 2.63. The normalized spacial score (nSPS) is 11.1. The van der Waals surface area contributed by atoms with E-state index in [0.717, 1.165) is 16.7 Å². The zero-order chi connectivity index (χ0) is 20.9. The Morgan fingerprint density at radius 2 is 1.68 bits per heavy atom. The number of hydrogen-bond acceptors (Lipinski definition) is 5. The van der Waals surface area contributed by atoms with Crippen LogP contribution in [0.3, 0.4) is 0 Å². The number of benzene rings is 2. The number of rotatable bonds is 7. The van der Waals surface area contributed by atoms with Gasteiger partial charge in [0.05, 0.1) is 4.90 Å². The van der Waals surface area contributed by atoms with Crippen LogP contribution in [-0.2, 0) is 24.3 Å². The molecule has 0 aliphatic rings. The maximum Gasteiger partial charge on any atom is 0.321 e. The van der Waals surface area contributed by atoms with Crippen molar-refractivity contribution in [2.24, 2.45) is 0 Å². The molecule has 2 N–H and O–H groups in total. The Hall–Kier alpha value is -2.42. The minimum absolute atomic E-state index is 0.0531. The van der Waals surface area contributed by atoms with Crippen LogP contribution in [0.5, 0.6) is 0 Å². The lowest BCUT2D eigenvalue weighted by atomic mass is 10.1. The van der Waals surface area contributed by atoms with Crippen molar-refractivity contribution < 1.29 is 22.7 Å². The first-order valence-corrected chi connectivity index (χ1v) is 10.2. The van der Waals surface area contributed by atoms with E-state index < -0.39 is 35.1 Å². The molecule has 0 radical (unpaired) electrons. The maximum atomic E-state index is 12.2. The number of anilines is 1. The van der Waals surface area contributed by atoms with Gasteiger partial charge in [0.15, 0.2) is 6.61 Å². The molecule has 0 aliphatic carbocycles. The van der Waals surface area contributed by atoms with Crippen LogP contribution >= 0.6 is 11.6 Å². The van der Waals surface area contributed by atoms with Crippen LogP contribution in [0.15, 0.2) is 41.3 Å². The van der Waals surface area contributed by atoms with E-state index in [9.17, 15) is 18.0 Å². The number of ether oxygens (including phenoxy) is 1. The smallest absolute Gasteiger partial charge is 0.321 e. The molecule has 0 aromatic heterocycles.